The lowest BCUT2D eigenvalue weighted by atomic mass is 10.2. The van der Waals surface area contributed by atoms with Gasteiger partial charge in [0.2, 0.25) is 0 Å². The number of ether oxygens (including phenoxy) is 1. The Bertz CT molecular complexity index is 572. The van der Waals surface area contributed by atoms with E-state index >= 15 is 0 Å². The summed E-state index contributed by atoms with van der Waals surface area (Å²) in [6.45, 7) is 3.82. The van der Waals surface area contributed by atoms with Crippen molar-refractivity contribution < 1.29 is 4.74 Å². The van der Waals surface area contributed by atoms with Crippen molar-refractivity contribution in [3.05, 3.63) is 58.1 Å². The molecular formula is C16H17Cl2NO. The third-order valence-corrected chi connectivity index (χ3v) is 3.26. The quantitative estimate of drug-likeness (QED) is 0.732. The Kier molecular flexibility index (Phi) is 5.72. The van der Waals surface area contributed by atoms with Gasteiger partial charge in [-0.05, 0) is 49.4 Å². The van der Waals surface area contributed by atoms with Gasteiger partial charge in [0, 0.05) is 22.2 Å². The van der Waals surface area contributed by atoms with Gasteiger partial charge in [-0.2, -0.15) is 0 Å². The second-order valence-corrected chi connectivity index (χ2v) is 5.36. The minimum atomic E-state index is 0.655. The van der Waals surface area contributed by atoms with E-state index in [-0.39, 0.29) is 0 Å². The van der Waals surface area contributed by atoms with E-state index < -0.39 is 0 Å². The lowest BCUT2D eigenvalue weighted by molar-refractivity contribution is 0.472. The summed E-state index contributed by atoms with van der Waals surface area (Å²) in [4.78, 5) is 0. The maximum atomic E-state index is 6.05. The van der Waals surface area contributed by atoms with E-state index in [0.717, 1.165) is 36.6 Å². The van der Waals surface area contributed by atoms with Crippen LogP contribution in [-0.4, -0.2) is 6.54 Å². The molecule has 0 fully saturated rings. The molecule has 106 valence electrons. The summed E-state index contributed by atoms with van der Waals surface area (Å²) in [6, 6.07) is 13.0. The molecule has 0 aliphatic rings. The first-order valence-corrected chi connectivity index (χ1v) is 7.37. The fourth-order valence-corrected chi connectivity index (χ4v) is 2.22. The molecule has 0 heterocycles. The molecule has 0 aromatic heterocycles. The predicted octanol–water partition coefficient (Wildman–Crippen LogP) is 5.29. The van der Waals surface area contributed by atoms with Crippen LogP contribution in [0.5, 0.6) is 11.5 Å². The zero-order valence-electron chi connectivity index (χ0n) is 11.3. The molecule has 0 bridgehead atoms. The number of nitrogens with one attached hydrogen (secondary N) is 1. The van der Waals surface area contributed by atoms with Crippen LogP contribution in [0.3, 0.4) is 0 Å². The third kappa shape index (κ3) is 4.41. The summed E-state index contributed by atoms with van der Waals surface area (Å²) >= 11 is 12.0. The van der Waals surface area contributed by atoms with Crippen molar-refractivity contribution in [1.29, 1.82) is 0 Å². The summed E-state index contributed by atoms with van der Waals surface area (Å²) in [6.07, 6.45) is 1.09. The van der Waals surface area contributed by atoms with Gasteiger partial charge in [-0.25, -0.2) is 0 Å². The highest BCUT2D eigenvalue weighted by molar-refractivity contribution is 6.31. The largest absolute Gasteiger partial charge is 0.457 e. The van der Waals surface area contributed by atoms with Crippen LogP contribution in [0.25, 0.3) is 0 Å². The Morgan fingerprint density at radius 1 is 1.05 bits per heavy atom. The molecule has 4 heteroatoms. The van der Waals surface area contributed by atoms with Crippen molar-refractivity contribution in [2.24, 2.45) is 0 Å². The van der Waals surface area contributed by atoms with Crippen LogP contribution in [0.15, 0.2) is 42.5 Å². The van der Waals surface area contributed by atoms with E-state index in [1.807, 2.05) is 36.4 Å². The van der Waals surface area contributed by atoms with Gasteiger partial charge >= 0.3 is 0 Å². The first-order valence-electron chi connectivity index (χ1n) is 6.61. The molecule has 0 unspecified atom stereocenters. The topological polar surface area (TPSA) is 21.3 Å². The fraction of sp³-hybridized carbons (Fsp3) is 0.250. The molecule has 0 amide bonds. The monoisotopic (exact) mass is 309 g/mol. The molecule has 0 aliphatic carbocycles. The predicted molar refractivity (Wildman–Crippen MR) is 85.0 cm³/mol. The van der Waals surface area contributed by atoms with Gasteiger partial charge < -0.3 is 10.1 Å². The maximum Gasteiger partial charge on any atom is 0.132 e. The minimum absolute atomic E-state index is 0.655. The molecule has 2 aromatic rings. The fourth-order valence-electron chi connectivity index (χ4n) is 1.84. The van der Waals surface area contributed by atoms with Crippen LogP contribution in [0, 0.1) is 0 Å². The van der Waals surface area contributed by atoms with Crippen LogP contribution in [0.1, 0.15) is 18.9 Å². The van der Waals surface area contributed by atoms with Crippen molar-refractivity contribution in [1.82, 2.24) is 5.32 Å². The Labute approximate surface area is 129 Å². The summed E-state index contributed by atoms with van der Waals surface area (Å²) in [7, 11) is 0. The standard InChI is InChI=1S/C16H17Cl2NO/c1-2-8-19-11-12-9-14(18)6-7-16(12)20-15-5-3-4-13(17)10-15/h3-7,9-10,19H,2,8,11H2,1H3. The van der Waals surface area contributed by atoms with Crippen molar-refractivity contribution in [3.8, 4) is 11.5 Å². The Hall–Kier alpha value is -1.22. The molecular weight excluding hydrogens is 293 g/mol. The molecule has 1 N–H and O–H groups in total. The van der Waals surface area contributed by atoms with Gasteiger partial charge in [0.15, 0.2) is 0 Å². The van der Waals surface area contributed by atoms with Gasteiger partial charge in [0.05, 0.1) is 0 Å². The molecule has 2 aromatic carbocycles. The van der Waals surface area contributed by atoms with E-state index in [9.17, 15) is 0 Å². The van der Waals surface area contributed by atoms with E-state index in [4.69, 9.17) is 27.9 Å². The van der Waals surface area contributed by atoms with Gasteiger partial charge in [-0.15, -0.1) is 0 Å². The molecule has 0 radical (unpaired) electrons. The van der Waals surface area contributed by atoms with E-state index in [2.05, 4.69) is 12.2 Å². The van der Waals surface area contributed by atoms with Gasteiger partial charge in [-0.3, -0.25) is 0 Å². The average Bonchev–Trinajstić information content (AvgIpc) is 2.42. The number of benzene rings is 2. The molecule has 2 nitrogen and oxygen atoms in total. The zero-order chi connectivity index (χ0) is 14.4. The number of hydrogen-bond acceptors (Lipinski definition) is 2. The molecule has 0 spiro atoms. The van der Waals surface area contributed by atoms with Crippen molar-refractivity contribution in [2.75, 3.05) is 6.54 Å². The second kappa shape index (κ2) is 7.53. The molecule has 2 rings (SSSR count). The molecule has 20 heavy (non-hydrogen) atoms. The van der Waals surface area contributed by atoms with E-state index in [0.29, 0.717) is 10.0 Å². The number of rotatable bonds is 6. The minimum Gasteiger partial charge on any atom is -0.457 e. The Balaban J connectivity index is 2.17. The van der Waals surface area contributed by atoms with Crippen LogP contribution in [0.4, 0.5) is 0 Å². The van der Waals surface area contributed by atoms with Crippen LogP contribution >= 0.6 is 23.2 Å². The first-order chi connectivity index (χ1) is 9.69. The van der Waals surface area contributed by atoms with Crippen LogP contribution in [-0.2, 0) is 6.54 Å². The van der Waals surface area contributed by atoms with Crippen LogP contribution < -0.4 is 10.1 Å². The van der Waals surface area contributed by atoms with Crippen molar-refractivity contribution in [2.45, 2.75) is 19.9 Å². The normalized spacial score (nSPS) is 10.6. The molecule has 0 aliphatic heterocycles. The Morgan fingerprint density at radius 2 is 1.85 bits per heavy atom. The van der Waals surface area contributed by atoms with Gasteiger partial charge in [-0.1, -0.05) is 36.2 Å². The van der Waals surface area contributed by atoms with Gasteiger partial charge in [0.1, 0.15) is 11.5 Å². The summed E-state index contributed by atoms with van der Waals surface area (Å²) < 4.78 is 5.89. The van der Waals surface area contributed by atoms with Crippen molar-refractivity contribution in [3.63, 3.8) is 0 Å². The SMILES string of the molecule is CCCNCc1cc(Cl)ccc1Oc1cccc(Cl)c1. The van der Waals surface area contributed by atoms with E-state index in [1.165, 1.54) is 0 Å². The highest BCUT2D eigenvalue weighted by Crippen LogP contribution is 2.29. The lowest BCUT2D eigenvalue weighted by Crippen LogP contribution is -2.14. The highest BCUT2D eigenvalue weighted by atomic mass is 35.5. The molecule has 0 saturated carbocycles. The summed E-state index contributed by atoms with van der Waals surface area (Å²) in [5.74, 6) is 1.51. The van der Waals surface area contributed by atoms with Crippen LogP contribution in [0.2, 0.25) is 10.0 Å². The summed E-state index contributed by atoms with van der Waals surface area (Å²) in [5.41, 5.74) is 1.03. The molecule has 0 atom stereocenters. The van der Waals surface area contributed by atoms with Gasteiger partial charge in [0.25, 0.3) is 0 Å². The number of halogens is 2. The lowest BCUT2D eigenvalue weighted by Gasteiger charge is -2.12. The second-order valence-electron chi connectivity index (χ2n) is 4.49. The Morgan fingerprint density at radius 3 is 2.60 bits per heavy atom. The highest BCUT2D eigenvalue weighted by Gasteiger charge is 2.06. The smallest absolute Gasteiger partial charge is 0.132 e. The van der Waals surface area contributed by atoms with E-state index in [1.54, 1.807) is 6.07 Å². The third-order valence-electron chi connectivity index (χ3n) is 2.79. The maximum absolute atomic E-state index is 6.05. The molecule has 0 saturated heterocycles. The zero-order valence-corrected chi connectivity index (χ0v) is 12.8. The average molecular weight is 310 g/mol. The van der Waals surface area contributed by atoms with Crippen molar-refractivity contribution >= 4 is 23.2 Å². The first kappa shape index (κ1) is 15.2. The summed E-state index contributed by atoms with van der Waals surface area (Å²) in [5, 5.41) is 4.71. The number of hydrogen-bond donors (Lipinski definition) is 1.